The summed E-state index contributed by atoms with van der Waals surface area (Å²) >= 11 is 12.8. The minimum Gasteiger partial charge on any atom is -0.289 e. The molecule has 2 aromatic rings. The average Bonchev–Trinajstić information content (AvgIpc) is 3.43. The number of aliphatic imine (C=N–C) groups is 1. The first-order valence-corrected chi connectivity index (χ1v) is 11.7. The lowest BCUT2D eigenvalue weighted by Crippen LogP contribution is -2.37. The fourth-order valence-electron chi connectivity index (χ4n) is 3.89. The SMILES string of the molecule is CC(=NCc1ccc(C2=CSC(c3cc(Cl)cc(Cl)c3)(C(F)(F)F)C2)cc1C)C1CC1. The Morgan fingerprint density at radius 1 is 1.13 bits per heavy atom. The molecule has 0 spiro atoms. The number of hydrogen-bond acceptors (Lipinski definition) is 2. The minimum absolute atomic E-state index is 0.0759. The summed E-state index contributed by atoms with van der Waals surface area (Å²) in [6.07, 6.45) is -2.20. The molecule has 0 N–H and O–H groups in total. The van der Waals surface area contributed by atoms with Crippen molar-refractivity contribution < 1.29 is 13.2 Å². The number of allylic oxidation sites excluding steroid dienone is 1. The van der Waals surface area contributed by atoms with Gasteiger partial charge in [0.2, 0.25) is 0 Å². The van der Waals surface area contributed by atoms with Crippen LogP contribution in [0.5, 0.6) is 0 Å². The van der Waals surface area contributed by atoms with Gasteiger partial charge in [-0.15, -0.1) is 11.8 Å². The van der Waals surface area contributed by atoms with Crippen LogP contribution in [-0.2, 0) is 11.3 Å². The number of alkyl halides is 3. The number of aryl methyl sites for hydroxylation is 1. The van der Waals surface area contributed by atoms with Crippen molar-refractivity contribution in [3.05, 3.63) is 74.1 Å². The Balaban J connectivity index is 1.60. The molecule has 0 aromatic heterocycles. The maximum Gasteiger partial charge on any atom is 0.407 e. The number of hydrogen-bond donors (Lipinski definition) is 0. The smallest absolute Gasteiger partial charge is 0.289 e. The van der Waals surface area contributed by atoms with Crippen molar-refractivity contribution >= 4 is 46.2 Å². The first kappa shape index (κ1) is 22.8. The van der Waals surface area contributed by atoms with Gasteiger partial charge in [-0.1, -0.05) is 41.4 Å². The first-order valence-electron chi connectivity index (χ1n) is 10.1. The zero-order valence-corrected chi connectivity index (χ0v) is 19.5. The Hall–Kier alpha value is -1.43. The topological polar surface area (TPSA) is 12.4 Å². The predicted molar refractivity (Wildman–Crippen MR) is 125 cm³/mol. The van der Waals surface area contributed by atoms with Gasteiger partial charge in [0, 0.05) is 22.2 Å². The van der Waals surface area contributed by atoms with E-state index in [9.17, 15) is 13.2 Å². The summed E-state index contributed by atoms with van der Waals surface area (Å²) in [6, 6.07) is 10.00. The standard InChI is InChI=1S/C24H22Cl2F3NS/c1-14-7-17(5-6-18(14)12-30-15(2)16-3-4-16)19-11-23(31-13-19,24(27,28)29)20-8-21(25)10-22(26)9-20/h5-10,13,16H,3-4,11-12H2,1-2H3. The lowest BCUT2D eigenvalue weighted by molar-refractivity contribution is -0.160. The van der Waals surface area contributed by atoms with Crippen molar-refractivity contribution in [2.45, 2.75) is 50.6 Å². The molecule has 7 heteroatoms. The van der Waals surface area contributed by atoms with Crippen LogP contribution in [0.1, 0.15) is 48.4 Å². The lowest BCUT2D eigenvalue weighted by Gasteiger charge is -2.32. The highest BCUT2D eigenvalue weighted by Gasteiger charge is 2.58. The molecule has 1 fully saturated rings. The number of rotatable bonds is 5. The van der Waals surface area contributed by atoms with Crippen LogP contribution in [-0.4, -0.2) is 11.9 Å². The highest BCUT2D eigenvalue weighted by molar-refractivity contribution is 8.03. The minimum atomic E-state index is -4.46. The van der Waals surface area contributed by atoms with Crippen molar-refractivity contribution in [3.63, 3.8) is 0 Å². The van der Waals surface area contributed by atoms with Crippen LogP contribution in [0.15, 0.2) is 46.8 Å². The van der Waals surface area contributed by atoms with E-state index in [4.69, 9.17) is 23.2 Å². The molecule has 2 aromatic carbocycles. The van der Waals surface area contributed by atoms with Crippen LogP contribution in [0.25, 0.3) is 5.57 Å². The van der Waals surface area contributed by atoms with Gasteiger partial charge in [-0.3, -0.25) is 4.99 Å². The zero-order valence-electron chi connectivity index (χ0n) is 17.2. The van der Waals surface area contributed by atoms with Crippen LogP contribution < -0.4 is 0 Å². The van der Waals surface area contributed by atoms with E-state index < -0.39 is 10.9 Å². The van der Waals surface area contributed by atoms with Crippen LogP contribution in [0.2, 0.25) is 10.0 Å². The molecule has 0 saturated heterocycles. The van der Waals surface area contributed by atoms with Crippen molar-refractivity contribution in [2.75, 3.05) is 0 Å². The molecule has 1 heterocycles. The molecule has 1 aliphatic carbocycles. The summed E-state index contributed by atoms with van der Waals surface area (Å²) in [5.41, 5.74) is 4.85. The van der Waals surface area contributed by atoms with Gasteiger partial charge < -0.3 is 0 Å². The number of thioether (sulfide) groups is 1. The van der Waals surface area contributed by atoms with E-state index in [0.717, 1.165) is 28.5 Å². The fraction of sp³-hybridized carbons (Fsp3) is 0.375. The molecule has 1 saturated carbocycles. The Bertz CT molecular complexity index is 1050. The zero-order chi connectivity index (χ0) is 22.4. The average molecular weight is 484 g/mol. The lowest BCUT2D eigenvalue weighted by atomic mass is 9.88. The molecule has 0 amide bonds. The second-order valence-electron chi connectivity index (χ2n) is 8.29. The molecule has 164 valence electrons. The van der Waals surface area contributed by atoms with Gasteiger partial charge in [-0.05, 0) is 84.0 Å². The highest BCUT2D eigenvalue weighted by atomic mass is 35.5. The molecule has 1 unspecified atom stereocenters. The molecule has 31 heavy (non-hydrogen) atoms. The summed E-state index contributed by atoms with van der Waals surface area (Å²) in [5, 5.41) is 2.01. The molecule has 0 radical (unpaired) electrons. The van der Waals surface area contributed by atoms with Crippen molar-refractivity contribution in [1.82, 2.24) is 0 Å². The third kappa shape index (κ3) is 4.69. The molecule has 1 aliphatic heterocycles. The van der Waals surface area contributed by atoms with E-state index in [1.165, 1.54) is 36.8 Å². The summed E-state index contributed by atoms with van der Waals surface area (Å²) in [6.45, 7) is 4.66. The van der Waals surface area contributed by atoms with Crippen LogP contribution in [0, 0.1) is 12.8 Å². The molecule has 2 aliphatic rings. The highest BCUT2D eigenvalue weighted by Crippen LogP contribution is 2.60. The van der Waals surface area contributed by atoms with Crippen LogP contribution >= 0.6 is 35.0 Å². The van der Waals surface area contributed by atoms with Gasteiger partial charge in [0.1, 0.15) is 4.75 Å². The summed E-state index contributed by atoms with van der Waals surface area (Å²) < 4.78 is 40.8. The molecular weight excluding hydrogens is 462 g/mol. The summed E-state index contributed by atoms with van der Waals surface area (Å²) in [4.78, 5) is 4.68. The first-order chi connectivity index (χ1) is 14.6. The Labute approximate surface area is 194 Å². The maximum absolute atomic E-state index is 14.3. The third-order valence-corrected chi connectivity index (χ3v) is 7.86. The molecular formula is C24H22Cl2F3NS. The van der Waals surface area contributed by atoms with Gasteiger partial charge >= 0.3 is 6.18 Å². The predicted octanol–water partition coefficient (Wildman–Crippen LogP) is 8.61. The van der Waals surface area contributed by atoms with Gasteiger partial charge in [0.05, 0.1) is 6.54 Å². The second-order valence-corrected chi connectivity index (χ2v) is 10.3. The number of benzene rings is 2. The second kappa shape index (κ2) is 8.49. The summed E-state index contributed by atoms with van der Waals surface area (Å²) in [5.74, 6) is 0.635. The fourth-order valence-corrected chi connectivity index (χ4v) is 5.61. The van der Waals surface area contributed by atoms with Gasteiger partial charge in [-0.2, -0.15) is 13.2 Å². The maximum atomic E-state index is 14.3. The monoisotopic (exact) mass is 483 g/mol. The molecule has 1 nitrogen and oxygen atoms in total. The van der Waals surface area contributed by atoms with Crippen molar-refractivity contribution in [2.24, 2.45) is 10.9 Å². The largest absolute Gasteiger partial charge is 0.407 e. The Morgan fingerprint density at radius 3 is 2.39 bits per heavy atom. The van der Waals surface area contributed by atoms with Crippen LogP contribution in [0.3, 0.4) is 0 Å². The number of nitrogens with zero attached hydrogens (tertiary/aromatic N) is 1. The van der Waals surface area contributed by atoms with Gasteiger partial charge in [-0.25, -0.2) is 0 Å². The van der Waals surface area contributed by atoms with E-state index in [0.29, 0.717) is 18.0 Å². The summed E-state index contributed by atoms with van der Waals surface area (Å²) in [7, 11) is 0. The van der Waals surface area contributed by atoms with Gasteiger partial charge in [0.25, 0.3) is 0 Å². The van der Waals surface area contributed by atoms with Crippen molar-refractivity contribution in [3.8, 4) is 0 Å². The normalized spacial score (nSPS) is 22.0. The van der Waals surface area contributed by atoms with E-state index in [2.05, 4.69) is 11.9 Å². The molecule has 0 bridgehead atoms. The molecule has 4 rings (SSSR count). The Morgan fingerprint density at radius 2 is 1.81 bits per heavy atom. The van der Waals surface area contributed by atoms with E-state index in [-0.39, 0.29) is 22.0 Å². The van der Waals surface area contributed by atoms with E-state index in [1.54, 1.807) is 5.41 Å². The quantitative estimate of drug-likeness (QED) is 0.387. The molecule has 1 atom stereocenters. The van der Waals surface area contributed by atoms with Crippen LogP contribution in [0.4, 0.5) is 13.2 Å². The third-order valence-electron chi connectivity index (χ3n) is 6.01. The van der Waals surface area contributed by atoms with E-state index in [1.807, 2.05) is 25.1 Å². The Kier molecular flexibility index (Phi) is 6.23. The van der Waals surface area contributed by atoms with Crippen molar-refractivity contribution in [1.29, 1.82) is 0 Å². The number of halogens is 5. The van der Waals surface area contributed by atoms with Gasteiger partial charge in [0.15, 0.2) is 0 Å². The van der Waals surface area contributed by atoms with E-state index >= 15 is 0 Å².